The first-order valence-corrected chi connectivity index (χ1v) is 7.35. The molecule has 1 saturated carbocycles. The van der Waals surface area contributed by atoms with Gasteiger partial charge < -0.3 is 15.4 Å². The molecule has 2 N–H and O–H groups in total. The summed E-state index contributed by atoms with van der Waals surface area (Å²) >= 11 is 0. The molecule has 1 fully saturated rings. The minimum absolute atomic E-state index is 0.0836. The largest absolute Gasteiger partial charge is 0.367 e. The van der Waals surface area contributed by atoms with Crippen LogP contribution in [-0.2, 0) is 9.53 Å². The molecule has 1 amide bonds. The Morgan fingerprint density at radius 2 is 2.05 bits per heavy atom. The smallest absolute Gasteiger partial charge is 0.250 e. The van der Waals surface area contributed by atoms with Gasteiger partial charge in [0.25, 0.3) is 0 Å². The maximum atomic E-state index is 11.9. The van der Waals surface area contributed by atoms with Crippen LogP contribution in [0.25, 0.3) is 0 Å². The number of hydrogen-bond acceptors (Lipinski definition) is 3. The zero-order valence-corrected chi connectivity index (χ0v) is 12.3. The fourth-order valence-corrected chi connectivity index (χ4v) is 2.71. The molecule has 0 saturated heterocycles. The van der Waals surface area contributed by atoms with E-state index >= 15 is 0 Å². The highest BCUT2D eigenvalue weighted by Gasteiger charge is 2.24. The number of aryl methyl sites for hydroxylation is 1. The second-order valence-electron chi connectivity index (χ2n) is 5.39. The minimum Gasteiger partial charge on any atom is -0.367 e. The molecule has 1 aliphatic rings. The summed E-state index contributed by atoms with van der Waals surface area (Å²) in [5.74, 6) is -0.0836. The van der Waals surface area contributed by atoms with Gasteiger partial charge in [0.15, 0.2) is 0 Å². The number of carbonyl (C=O) groups is 1. The molecule has 2 rings (SSSR count). The maximum Gasteiger partial charge on any atom is 0.250 e. The van der Waals surface area contributed by atoms with E-state index in [4.69, 9.17) is 4.74 Å². The number of amides is 1. The van der Waals surface area contributed by atoms with Gasteiger partial charge in [-0.2, -0.15) is 0 Å². The Balaban J connectivity index is 1.81. The normalized spacial score (nSPS) is 22.5. The number of likely N-dealkylation sites (N-methyl/N-ethyl adjacent to an activating group) is 1. The standard InChI is InChI=1S/C16H24N2O2/c1-12-7-3-4-8-13(12)18-16(19)11-20-15-10-6-5-9-14(15)17-2/h3-4,7-8,14-15,17H,5-6,9-11H2,1-2H3,(H,18,19). The van der Waals surface area contributed by atoms with E-state index in [1.54, 1.807) is 0 Å². The molecule has 1 aromatic rings. The van der Waals surface area contributed by atoms with Crippen LogP contribution in [0.1, 0.15) is 31.2 Å². The molecule has 1 aliphatic carbocycles. The van der Waals surface area contributed by atoms with Gasteiger partial charge in [0.05, 0.1) is 6.10 Å². The van der Waals surface area contributed by atoms with Crippen LogP contribution in [0.2, 0.25) is 0 Å². The first kappa shape index (κ1) is 15.0. The van der Waals surface area contributed by atoms with Crippen molar-refractivity contribution in [2.24, 2.45) is 0 Å². The van der Waals surface area contributed by atoms with Crippen molar-refractivity contribution in [2.45, 2.75) is 44.8 Å². The Hall–Kier alpha value is -1.39. The lowest BCUT2D eigenvalue weighted by atomic mass is 9.92. The molecule has 2 unspecified atom stereocenters. The van der Waals surface area contributed by atoms with Crippen molar-refractivity contribution in [1.29, 1.82) is 0 Å². The van der Waals surface area contributed by atoms with Crippen molar-refractivity contribution in [2.75, 3.05) is 19.0 Å². The number of ether oxygens (including phenoxy) is 1. The summed E-state index contributed by atoms with van der Waals surface area (Å²) in [6.07, 6.45) is 4.73. The van der Waals surface area contributed by atoms with E-state index in [2.05, 4.69) is 10.6 Å². The molecule has 0 radical (unpaired) electrons. The lowest BCUT2D eigenvalue weighted by molar-refractivity contribution is -0.123. The molecule has 0 spiro atoms. The van der Waals surface area contributed by atoms with Gasteiger partial charge in [-0.15, -0.1) is 0 Å². The predicted molar refractivity (Wildman–Crippen MR) is 80.9 cm³/mol. The molecule has 0 heterocycles. The fourth-order valence-electron chi connectivity index (χ4n) is 2.71. The van der Waals surface area contributed by atoms with Crippen molar-refractivity contribution in [3.05, 3.63) is 29.8 Å². The Morgan fingerprint density at radius 1 is 1.30 bits per heavy atom. The summed E-state index contributed by atoms with van der Waals surface area (Å²) in [6, 6.07) is 8.14. The molecule has 20 heavy (non-hydrogen) atoms. The summed E-state index contributed by atoms with van der Waals surface area (Å²) in [5.41, 5.74) is 1.92. The van der Waals surface area contributed by atoms with Gasteiger partial charge in [-0.05, 0) is 38.4 Å². The van der Waals surface area contributed by atoms with Crippen LogP contribution in [0.5, 0.6) is 0 Å². The van der Waals surface area contributed by atoms with Crippen LogP contribution in [0.3, 0.4) is 0 Å². The van der Waals surface area contributed by atoms with Crippen LogP contribution < -0.4 is 10.6 Å². The average molecular weight is 276 g/mol. The first-order chi connectivity index (χ1) is 9.70. The van der Waals surface area contributed by atoms with Gasteiger partial charge in [0.2, 0.25) is 5.91 Å². The Bertz CT molecular complexity index is 448. The van der Waals surface area contributed by atoms with E-state index in [-0.39, 0.29) is 18.6 Å². The predicted octanol–water partition coefficient (Wildman–Crippen LogP) is 2.48. The highest BCUT2D eigenvalue weighted by Crippen LogP contribution is 2.21. The van der Waals surface area contributed by atoms with E-state index in [1.807, 2.05) is 38.2 Å². The maximum absolute atomic E-state index is 11.9. The molecule has 4 heteroatoms. The number of nitrogens with one attached hydrogen (secondary N) is 2. The Labute approximate surface area is 120 Å². The molecular formula is C16H24N2O2. The topological polar surface area (TPSA) is 50.4 Å². The molecule has 110 valence electrons. The third-order valence-electron chi connectivity index (χ3n) is 3.92. The summed E-state index contributed by atoms with van der Waals surface area (Å²) in [7, 11) is 1.96. The van der Waals surface area contributed by atoms with Gasteiger partial charge in [0, 0.05) is 11.7 Å². The molecule has 0 bridgehead atoms. The zero-order valence-electron chi connectivity index (χ0n) is 12.3. The molecular weight excluding hydrogens is 252 g/mol. The van der Waals surface area contributed by atoms with E-state index in [0.717, 1.165) is 24.1 Å². The number of para-hydroxylation sites is 1. The average Bonchev–Trinajstić information content (AvgIpc) is 2.48. The number of benzene rings is 1. The van der Waals surface area contributed by atoms with Gasteiger partial charge in [-0.25, -0.2) is 0 Å². The van der Waals surface area contributed by atoms with Crippen molar-refractivity contribution in [3.63, 3.8) is 0 Å². The van der Waals surface area contributed by atoms with Gasteiger partial charge in [-0.1, -0.05) is 31.0 Å². The number of rotatable bonds is 5. The third-order valence-corrected chi connectivity index (χ3v) is 3.92. The van der Waals surface area contributed by atoms with E-state index in [0.29, 0.717) is 6.04 Å². The molecule has 4 nitrogen and oxygen atoms in total. The number of hydrogen-bond donors (Lipinski definition) is 2. The van der Waals surface area contributed by atoms with Crippen LogP contribution in [-0.4, -0.2) is 31.7 Å². The van der Waals surface area contributed by atoms with Crippen LogP contribution in [0.15, 0.2) is 24.3 Å². The van der Waals surface area contributed by atoms with Crippen LogP contribution in [0.4, 0.5) is 5.69 Å². The Morgan fingerprint density at radius 3 is 2.80 bits per heavy atom. The van der Waals surface area contributed by atoms with Crippen molar-refractivity contribution in [1.82, 2.24) is 5.32 Å². The van der Waals surface area contributed by atoms with Crippen LogP contribution in [0, 0.1) is 6.92 Å². The number of anilines is 1. The SMILES string of the molecule is CNC1CCCCC1OCC(=O)Nc1ccccc1C. The molecule has 1 aromatic carbocycles. The fraction of sp³-hybridized carbons (Fsp3) is 0.562. The summed E-state index contributed by atoms with van der Waals surface area (Å²) in [6.45, 7) is 2.10. The second-order valence-corrected chi connectivity index (χ2v) is 5.39. The van der Waals surface area contributed by atoms with Crippen LogP contribution >= 0.6 is 0 Å². The van der Waals surface area contributed by atoms with Crippen molar-refractivity contribution >= 4 is 11.6 Å². The van der Waals surface area contributed by atoms with E-state index in [1.165, 1.54) is 12.8 Å². The highest BCUT2D eigenvalue weighted by molar-refractivity contribution is 5.92. The summed E-state index contributed by atoms with van der Waals surface area (Å²) in [4.78, 5) is 11.9. The lowest BCUT2D eigenvalue weighted by Gasteiger charge is -2.31. The monoisotopic (exact) mass is 276 g/mol. The first-order valence-electron chi connectivity index (χ1n) is 7.35. The Kier molecular flexibility index (Phi) is 5.56. The minimum atomic E-state index is -0.0836. The number of carbonyl (C=O) groups excluding carboxylic acids is 1. The van der Waals surface area contributed by atoms with Gasteiger partial charge in [0.1, 0.15) is 6.61 Å². The second kappa shape index (κ2) is 7.41. The zero-order chi connectivity index (χ0) is 14.4. The lowest BCUT2D eigenvalue weighted by Crippen LogP contribution is -2.42. The third kappa shape index (κ3) is 4.05. The molecule has 0 aliphatic heterocycles. The summed E-state index contributed by atoms with van der Waals surface area (Å²) in [5, 5.41) is 6.18. The molecule has 2 atom stereocenters. The highest BCUT2D eigenvalue weighted by atomic mass is 16.5. The van der Waals surface area contributed by atoms with E-state index < -0.39 is 0 Å². The van der Waals surface area contributed by atoms with Gasteiger partial charge in [-0.3, -0.25) is 4.79 Å². The molecule has 0 aromatic heterocycles. The van der Waals surface area contributed by atoms with Crippen molar-refractivity contribution in [3.8, 4) is 0 Å². The quantitative estimate of drug-likeness (QED) is 0.868. The summed E-state index contributed by atoms with van der Waals surface area (Å²) < 4.78 is 5.79. The van der Waals surface area contributed by atoms with E-state index in [9.17, 15) is 4.79 Å². The van der Waals surface area contributed by atoms with Gasteiger partial charge >= 0.3 is 0 Å². The van der Waals surface area contributed by atoms with Crippen molar-refractivity contribution < 1.29 is 9.53 Å².